The van der Waals surface area contributed by atoms with E-state index in [2.05, 4.69) is 25.1 Å². The zero-order valence-corrected chi connectivity index (χ0v) is 17.4. The smallest absolute Gasteiger partial charge is 0.261 e. The van der Waals surface area contributed by atoms with Crippen LogP contribution in [0, 0.1) is 0 Å². The summed E-state index contributed by atoms with van der Waals surface area (Å²) >= 11 is 0. The van der Waals surface area contributed by atoms with Gasteiger partial charge in [-0.3, -0.25) is 19.6 Å². The first kappa shape index (κ1) is 19.2. The molecular formula is C24H18N6O3. The van der Waals surface area contributed by atoms with Gasteiger partial charge in [-0.1, -0.05) is 35.5 Å². The van der Waals surface area contributed by atoms with Crippen LogP contribution in [-0.4, -0.2) is 36.3 Å². The summed E-state index contributed by atoms with van der Waals surface area (Å²) in [4.78, 5) is 29.8. The number of hydrogen-bond acceptors (Lipinski definition) is 6. The molecule has 0 bridgehead atoms. The number of imide groups is 1. The molecule has 0 saturated heterocycles. The van der Waals surface area contributed by atoms with Crippen LogP contribution in [0.3, 0.4) is 0 Å². The van der Waals surface area contributed by atoms with E-state index in [1.807, 2.05) is 48.7 Å². The van der Waals surface area contributed by atoms with Crippen LogP contribution < -0.4 is 5.32 Å². The van der Waals surface area contributed by atoms with Gasteiger partial charge >= 0.3 is 0 Å². The molecule has 6 rings (SSSR count). The molecule has 162 valence electrons. The lowest BCUT2D eigenvalue weighted by molar-refractivity contribution is -0.122. The lowest BCUT2D eigenvalue weighted by atomic mass is 9.97. The van der Waals surface area contributed by atoms with Crippen molar-refractivity contribution >= 4 is 44.8 Å². The Balaban J connectivity index is 1.48. The summed E-state index contributed by atoms with van der Waals surface area (Å²) in [6.07, 6.45) is 5.96. The molecule has 9 nitrogen and oxygen atoms in total. The summed E-state index contributed by atoms with van der Waals surface area (Å²) in [6, 6.07) is 15.1. The zero-order chi connectivity index (χ0) is 22.4. The van der Waals surface area contributed by atoms with E-state index in [1.54, 1.807) is 17.1 Å². The van der Waals surface area contributed by atoms with Gasteiger partial charge in [-0.25, -0.2) is 4.98 Å². The third-order valence-corrected chi connectivity index (χ3v) is 5.86. The van der Waals surface area contributed by atoms with E-state index in [1.165, 1.54) is 6.33 Å². The summed E-state index contributed by atoms with van der Waals surface area (Å²) in [5.74, 6) is -0.912. The second-order valence-electron chi connectivity index (χ2n) is 7.83. The van der Waals surface area contributed by atoms with Crippen molar-refractivity contribution in [3.8, 4) is 0 Å². The number of aromatic nitrogens is 5. The summed E-state index contributed by atoms with van der Waals surface area (Å²) in [5.41, 5.74) is 3.14. The Labute approximate surface area is 187 Å². The first-order chi connectivity index (χ1) is 16.2. The van der Waals surface area contributed by atoms with E-state index < -0.39 is 11.8 Å². The van der Waals surface area contributed by atoms with Crippen LogP contribution in [0.15, 0.2) is 71.9 Å². The third-order valence-electron chi connectivity index (χ3n) is 5.86. The summed E-state index contributed by atoms with van der Waals surface area (Å²) in [5, 5.41) is 12.3. The van der Waals surface area contributed by atoms with Gasteiger partial charge < -0.3 is 9.09 Å². The minimum Gasteiger partial charge on any atom is -0.356 e. The molecule has 33 heavy (non-hydrogen) atoms. The number of nitrogens with one attached hydrogen (secondary N) is 1. The topological polar surface area (TPSA) is 108 Å². The molecule has 5 aromatic rings. The van der Waals surface area contributed by atoms with E-state index in [4.69, 9.17) is 4.52 Å². The highest BCUT2D eigenvalue weighted by Gasteiger charge is 2.36. The van der Waals surface area contributed by atoms with E-state index >= 15 is 0 Å². The van der Waals surface area contributed by atoms with Crippen LogP contribution in [-0.2, 0) is 22.7 Å². The molecule has 3 aromatic heterocycles. The molecule has 1 aliphatic heterocycles. The highest BCUT2D eigenvalue weighted by Crippen LogP contribution is 2.37. The molecule has 2 aromatic carbocycles. The molecule has 0 fully saturated rings. The molecule has 1 N–H and O–H groups in total. The van der Waals surface area contributed by atoms with Crippen molar-refractivity contribution in [1.82, 2.24) is 29.8 Å². The van der Waals surface area contributed by atoms with E-state index in [0.29, 0.717) is 34.3 Å². The number of carbonyl (C=O) groups is 2. The van der Waals surface area contributed by atoms with Crippen molar-refractivity contribution in [2.75, 3.05) is 0 Å². The summed E-state index contributed by atoms with van der Waals surface area (Å²) in [7, 11) is 0. The van der Waals surface area contributed by atoms with E-state index in [-0.39, 0.29) is 5.57 Å². The van der Waals surface area contributed by atoms with Crippen molar-refractivity contribution in [2.24, 2.45) is 0 Å². The third kappa shape index (κ3) is 3.13. The number of fused-ring (bicyclic) bond motifs is 2. The first-order valence-corrected chi connectivity index (χ1v) is 10.6. The minimum atomic E-state index is -0.475. The number of rotatable bonds is 6. The van der Waals surface area contributed by atoms with Gasteiger partial charge in [0, 0.05) is 41.1 Å². The minimum absolute atomic E-state index is 0.232. The van der Waals surface area contributed by atoms with Gasteiger partial charge in [-0.2, -0.15) is 5.10 Å². The van der Waals surface area contributed by atoms with Crippen molar-refractivity contribution in [1.29, 1.82) is 0 Å². The normalized spacial score (nSPS) is 14.1. The molecule has 0 spiro atoms. The number of amides is 2. The molecule has 0 unspecified atom stereocenters. The van der Waals surface area contributed by atoms with E-state index in [0.717, 1.165) is 23.9 Å². The Morgan fingerprint density at radius 1 is 0.909 bits per heavy atom. The van der Waals surface area contributed by atoms with Gasteiger partial charge in [0.15, 0.2) is 5.58 Å². The number of hydrogen-bond donors (Lipinski definition) is 1. The predicted octanol–water partition coefficient (Wildman–Crippen LogP) is 3.03. The van der Waals surface area contributed by atoms with Crippen molar-refractivity contribution in [3.05, 3.63) is 78.6 Å². The highest BCUT2D eigenvalue weighted by atomic mass is 16.5. The monoisotopic (exact) mass is 438 g/mol. The molecule has 1 aliphatic rings. The largest absolute Gasteiger partial charge is 0.356 e. The van der Waals surface area contributed by atoms with Crippen LogP contribution in [0.1, 0.15) is 17.7 Å². The average Bonchev–Trinajstić information content (AvgIpc) is 3.60. The number of carbonyl (C=O) groups excluding carboxylic acids is 2. The van der Waals surface area contributed by atoms with Crippen LogP contribution in [0.4, 0.5) is 0 Å². The Bertz CT molecular complexity index is 1560. The number of benzene rings is 2. The van der Waals surface area contributed by atoms with Crippen molar-refractivity contribution < 1.29 is 14.1 Å². The Hall–Kier alpha value is -4.53. The lowest BCUT2D eigenvalue weighted by Crippen LogP contribution is -2.22. The van der Waals surface area contributed by atoms with Crippen molar-refractivity contribution in [3.63, 3.8) is 0 Å². The standard InChI is InChI=1S/C24H18N6O3/c31-23-20(21(24(32)27-23)22-16-7-2-4-9-19(16)33-28-22)17-12-29(18-8-3-1-6-15(17)18)10-5-11-30-14-25-13-26-30/h1-4,6-9,12-14H,5,10-11H2,(H,27,31,32). The van der Waals surface area contributed by atoms with E-state index in [9.17, 15) is 9.59 Å². The Morgan fingerprint density at radius 3 is 2.55 bits per heavy atom. The number of para-hydroxylation sites is 2. The first-order valence-electron chi connectivity index (χ1n) is 10.6. The Morgan fingerprint density at radius 2 is 1.70 bits per heavy atom. The molecule has 0 saturated carbocycles. The van der Waals surface area contributed by atoms with Gasteiger partial charge in [0.25, 0.3) is 11.8 Å². The predicted molar refractivity (Wildman–Crippen MR) is 121 cm³/mol. The molecule has 0 atom stereocenters. The highest BCUT2D eigenvalue weighted by molar-refractivity contribution is 6.50. The maximum Gasteiger partial charge on any atom is 0.261 e. The van der Waals surface area contributed by atoms with Gasteiger partial charge in [0.05, 0.1) is 11.1 Å². The molecule has 2 amide bonds. The van der Waals surface area contributed by atoms with Gasteiger partial charge in [0.2, 0.25) is 0 Å². The fourth-order valence-corrected chi connectivity index (χ4v) is 4.39. The van der Waals surface area contributed by atoms with Gasteiger partial charge in [0.1, 0.15) is 18.3 Å². The van der Waals surface area contributed by atoms with Crippen LogP contribution >= 0.6 is 0 Å². The number of nitrogens with zero attached hydrogens (tertiary/aromatic N) is 5. The van der Waals surface area contributed by atoms with Crippen LogP contribution in [0.2, 0.25) is 0 Å². The Kier molecular flexibility index (Phi) is 4.39. The number of aryl methyl sites for hydroxylation is 2. The second kappa shape index (κ2) is 7.56. The van der Waals surface area contributed by atoms with Crippen LogP contribution in [0.5, 0.6) is 0 Å². The van der Waals surface area contributed by atoms with Crippen molar-refractivity contribution in [2.45, 2.75) is 19.5 Å². The summed E-state index contributed by atoms with van der Waals surface area (Å²) < 4.78 is 9.30. The molecule has 0 radical (unpaired) electrons. The molecule has 9 heteroatoms. The summed E-state index contributed by atoms with van der Waals surface area (Å²) in [6.45, 7) is 1.44. The SMILES string of the molecule is O=C1NC(=O)C(c2cn(CCCn3cncn3)c3ccccc23)=C1c1noc2ccccc12. The maximum absolute atomic E-state index is 13.0. The quantitative estimate of drug-likeness (QED) is 0.408. The molecular weight excluding hydrogens is 420 g/mol. The average molecular weight is 438 g/mol. The zero-order valence-electron chi connectivity index (χ0n) is 17.4. The lowest BCUT2D eigenvalue weighted by Gasteiger charge is -2.05. The van der Waals surface area contributed by atoms with Gasteiger partial charge in [-0.15, -0.1) is 0 Å². The fourth-order valence-electron chi connectivity index (χ4n) is 4.39. The van der Waals surface area contributed by atoms with Crippen LogP contribution in [0.25, 0.3) is 33.0 Å². The molecule has 0 aliphatic carbocycles. The molecule has 4 heterocycles. The fraction of sp³-hybridized carbons (Fsp3) is 0.125. The maximum atomic E-state index is 13.0. The van der Waals surface area contributed by atoms with Gasteiger partial charge in [-0.05, 0) is 24.6 Å². The second-order valence-corrected chi connectivity index (χ2v) is 7.83.